The van der Waals surface area contributed by atoms with Crippen molar-refractivity contribution in [2.45, 2.75) is 57.3 Å². The van der Waals surface area contributed by atoms with Crippen molar-refractivity contribution in [2.24, 2.45) is 10.4 Å². The van der Waals surface area contributed by atoms with E-state index >= 15 is 0 Å². The molecule has 1 aliphatic heterocycles. The Bertz CT molecular complexity index is 657. The summed E-state index contributed by atoms with van der Waals surface area (Å²) >= 11 is 0. The van der Waals surface area contributed by atoms with Gasteiger partial charge in [0.15, 0.2) is 5.96 Å². The Hall–Kier alpha value is -0.930. The summed E-state index contributed by atoms with van der Waals surface area (Å²) in [6.45, 7) is 5.86. The first-order valence-electron chi connectivity index (χ1n) is 11.1. The highest BCUT2D eigenvalue weighted by molar-refractivity contribution is 14.0. The maximum Gasteiger partial charge on any atom is 0.191 e. The molecule has 0 spiro atoms. The summed E-state index contributed by atoms with van der Waals surface area (Å²) < 4.78 is 19.1. The van der Waals surface area contributed by atoms with E-state index in [2.05, 4.69) is 17.6 Å². The van der Waals surface area contributed by atoms with Crippen LogP contribution in [-0.4, -0.2) is 50.5 Å². The summed E-state index contributed by atoms with van der Waals surface area (Å²) in [5, 5.41) is 16.4. The molecule has 3 rings (SSSR count). The number of aliphatic imine (C=N–C) groups is 1. The number of benzene rings is 1. The molecule has 0 bridgehead atoms. The van der Waals surface area contributed by atoms with Crippen LogP contribution in [0.1, 0.15) is 57.4 Å². The molecule has 30 heavy (non-hydrogen) atoms. The fraction of sp³-hybridized carbons (Fsp3) is 0.696. The summed E-state index contributed by atoms with van der Waals surface area (Å²) in [6, 6.07) is 7.03. The minimum absolute atomic E-state index is 0. The number of halogens is 2. The highest BCUT2D eigenvalue weighted by atomic mass is 127. The van der Waals surface area contributed by atoms with Crippen LogP contribution in [0.4, 0.5) is 4.39 Å². The van der Waals surface area contributed by atoms with E-state index in [1.807, 2.05) is 12.1 Å². The Balaban J connectivity index is 0.00000320. The first kappa shape index (κ1) is 25.3. The molecular formula is C23H37FIN3O2. The minimum atomic E-state index is -0.185. The number of rotatable bonds is 8. The molecule has 0 amide bonds. The Labute approximate surface area is 197 Å². The van der Waals surface area contributed by atoms with Crippen molar-refractivity contribution in [1.29, 1.82) is 0 Å². The van der Waals surface area contributed by atoms with Crippen LogP contribution in [0.2, 0.25) is 0 Å². The third-order valence-electron chi connectivity index (χ3n) is 6.61. The zero-order valence-corrected chi connectivity index (χ0v) is 20.4. The Morgan fingerprint density at radius 1 is 1.13 bits per heavy atom. The predicted molar refractivity (Wildman–Crippen MR) is 130 cm³/mol. The lowest BCUT2D eigenvalue weighted by Crippen LogP contribution is -2.47. The Morgan fingerprint density at radius 3 is 2.47 bits per heavy atom. The van der Waals surface area contributed by atoms with Crippen molar-refractivity contribution < 1.29 is 14.2 Å². The van der Waals surface area contributed by atoms with Gasteiger partial charge in [-0.3, -0.25) is 4.99 Å². The van der Waals surface area contributed by atoms with Gasteiger partial charge in [0, 0.05) is 37.1 Å². The standard InChI is InChI=1S/C23H36FN3O2.HI/c1-2-25-21(26-16-22(12-14-28)13-15-29-18-22)27-17-23(10-4-3-5-11-23)19-6-8-20(24)9-7-19;/h6-9,28H,2-5,10-18H2,1H3,(H2,25,26,27);1H. The number of nitrogens with zero attached hydrogens (tertiary/aromatic N) is 1. The van der Waals surface area contributed by atoms with Crippen LogP contribution in [-0.2, 0) is 10.2 Å². The quantitative estimate of drug-likeness (QED) is 0.269. The van der Waals surface area contributed by atoms with Gasteiger partial charge >= 0.3 is 0 Å². The highest BCUT2D eigenvalue weighted by Gasteiger charge is 2.36. The van der Waals surface area contributed by atoms with Crippen molar-refractivity contribution in [2.75, 3.05) is 39.5 Å². The molecular weight excluding hydrogens is 496 g/mol. The van der Waals surface area contributed by atoms with Gasteiger partial charge in [-0.2, -0.15) is 0 Å². The van der Waals surface area contributed by atoms with Gasteiger partial charge in [0.1, 0.15) is 5.82 Å². The average molecular weight is 533 g/mol. The van der Waals surface area contributed by atoms with Crippen LogP contribution in [0.25, 0.3) is 0 Å². The molecule has 2 aliphatic rings. The molecule has 0 aromatic heterocycles. The van der Waals surface area contributed by atoms with E-state index in [1.165, 1.54) is 24.8 Å². The largest absolute Gasteiger partial charge is 0.396 e. The van der Waals surface area contributed by atoms with Gasteiger partial charge in [0.05, 0.1) is 13.2 Å². The van der Waals surface area contributed by atoms with E-state index in [-0.39, 0.29) is 47.2 Å². The number of hydrogen-bond acceptors (Lipinski definition) is 3. The van der Waals surface area contributed by atoms with Crippen LogP contribution in [0, 0.1) is 11.2 Å². The van der Waals surface area contributed by atoms with Crippen molar-refractivity contribution in [3.05, 3.63) is 35.6 Å². The van der Waals surface area contributed by atoms with E-state index in [9.17, 15) is 9.50 Å². The zero-order chi connectivity index (χ0) is 20.6. The molecule has 1 saturated heterocycles. The second-order valence-electron chi connectivity index (χ2n) is 8.67. The third kappa shape index (κ3) is 6.53. The molecule has 1 unspecified atom stereocenters. The van der Waals surface area contributed by atoms with E-state index in [0.717, 1.165) is 51.3 Å². The molecule has 7 heteroatoms. The molecule has 1 saturated carbocycles. The molecule has 2 fully saturated rings. The SMILES string of the molecule is CCNC(=NCC1(CCO)CCOC1)NCC1(c2ccc(F)cc2)CCCCC1.I. The fourth-order valence-corrected chi connectivity index (χ4v) is 4.73. The molecule has 1 aliphatic carbocycles. The fourth-order valence-electron chi connectivity index (χ4n) is 4.73. The summed E-state index contributed by atoms with van der Waals surface area (Å²) in [7, 11) is 0. The molecule has 1 heterocycles. The second-order valence-corrected chi connectivity index (χ2v) is 8.67. The number of aliphatic hydroxyl groups is 1. The van der Waals surface area contributed by atoms with Gasteiger partial charge in [-0.25, -0.2) is 4.39 Å². The van der Waals surface area contributed by atoms with Gasteiger partial charge < -0.3 is 20.5 Å². The van der Waals surface area contributed by atoms with Gasteiger partial charge in [0.2, 0.25) is 0 Å². The molecule has 1 aromatic carbocycles. The summed E-state index contributed by atoms with van der Waals surface area (Å²) in [5.41, 5.74) is 1.17. The third-order valence-corrected chi connectivity index (χ3v) is 6.61. The first-order chi connectivity index (χ1) is 14.1. The van der Waals surface area contributed by atoms with Crippen LogP contribution in [0.15, 0.2) is 29.3 Å². The number of guanidine groups is 1. The zero-order valence-electron chi connectivity index (χ0n) is 18.1. The Morgan fingerprint density at radius 2 is 1.87 bits per heavy atom. The highest BCUT2D eigenvalue weighted by Crippen LogP contribution is 2.39. The van der Waals surface area contributed by atoms with Crippen molar-refractivity contribution in [3.8, 4) is 0 Å². The minimum Gasteiger partial charge on any atom is -0.396 e. The number of hydrogen-bond donors (Lipinski definition) is 3. The molecule has 1 atom stereocenters. The molecule has 5 nitrogen and oxygen atoms in total. The van der Waals surface area contributed by atoms with Gasteiger partial charge in [-0.05, 0) is 50.3 Å². The number of nitrogens with one attached hydrogen (secondary N) is 2. The van der Waals surface area contributed by atoms with E-state index in [0.29, 0.717) is 13.2 Å². The lowest BCUT2D eigenvalue weighted by Gasteiger charge is -2.38. The first-order valence-corrected chi connectivity index (χ1v) is 11.1. The average Bonchev–Trinajstić information content (AvgIpc) is 3.20. The normalized spacial score (nSPS) is 23.6. The Kier molecular flexibility index (Phi) is 10.3. The van der Waals surface area contributed by atoms with Gasteiger partial charge in [-0.15, -0.1) is 24.0 Å². The number of ether oxygens (including phenoxy) is 1. The predicted octanol–water partition coefficient (Wildman–Crippen LogP) is 3.99. The van der Waals surface area contributed by atoms with Crippen molar-refractivity contribution in [1.82, 2.24) is 10.6 Å². The second kappa shape index (κ2) is 12.2. The van der Waals surface area contributed by atoms with Crippen LogP contribution in [0.3, 0.4) is 0 Å². The molecule has 0 radical (unpaired) electrons. The molecule has 170 valence electrons. The maximum absolute atomic E-state index is 13.5. The lowest BCUT2D eigenvalue weighted by atomic mass is 9.69. The smallest absolute Gasteiger partial charge is 0.191 e. The van der Waals surface area contributed by atoms with Crippen molar-refractivity contribution in [3.63, 3.8) is 0 Å². The van der Waals surface area contributed by atoms with Gasteiger partial charge in [0.25, 0.3) is 0 Å². The monoisotopic (exact) mass is 533 g/mol. The van der Waals surface area contributed by atoms with Gasteiger partial charge in [-0.1, -0.05) is 31.4 Å². The summed E-state index contributed by atoms with van der Waals surface area (Å²) in [6.07, 6.45) is 7.53. The van der Waals surface area contributed by atoms with Crippen molar-refractivity contribution >= 4 is 29.9 Å². The lowest BCUT2D eigenvalue weighted by molar-refractivity contribution is 0.131. The molecule has 3 N–H and O–H groups in total. The number of aliphatic hydroxyl groups excluding tert-OH is 1. The van der Waals surface area contributed by atoms with Crippen LogP contribution in [0.5, 0.6) is 0 Å². The van der Waals surface area contributed by atoms with E-state index in [1.54, 1.807) is 12.1 Å². The van der Waals surface area contributed by atoms with E-state index < -0.39 is 0 Å². The topological polar surface area (TPSA) is 65.9 Å². The summed E-state index contributed by atoms with van der Waals surface area (Å²) in [5.74, 6) is 0.624. The van der Waals surface area contributed by atoms with E-state index in [4.69, 9.17) is 9.73 Å². The summed E-state index contributed by atoms with van der Waals surface area (Å²) in [4.78, 5) is 4.85. The van der Waals surface area contributed by atoms with Crippen LogP contribution >= 0.6 is 24.0 Å². The molecule has 1 aromatic rings. The maximum atomic E-state index is 13.5. The van der Waals surface area contributed by atoms with Crippen LogP contribution < -0.4 is 10.6 Å².